The van der Waals surface area contributed by atoms with Gasteiger partial charge >= 0.3 is 6.18 Å². The summed E-state index contributed by atoms with van der Waals surface area (Å²) >= 11 is 0. The third-order valence-corrected chi connectivity index (χ3v) is 3.69. The second-order valence-corrected chi connectivity index (χ2v) is 5.47. The first-order chi connectivity index (χ1) is 7.70. The van der Waals surface area contributed by atoms with Crippen molar-refractivity contribution in [2.75, 3.05) is 13.6 Å². The Morgan fingerprint density at radius 1 is 1.29 bits per heavy atom. The average Bonchev–Trinajstić information content (AvgIpc) is 2.14. The molecule has 1 saturated carbocycles. The van der Waals surface area contributed by atoms with Gasteiger partial charge in [0.15, 0.2) is 0 Å². The molecule has 0 radical (unpaired) electrons. The minimum atomic E-state index is -4.17. The van der Waals surface area contributed by atoms with Crippen LogP contribution < -0.4 is 0 Å². The molecule has 102 valence electrons. The van der Waals surface area contributed by atoms with Gasteiger partial charge in [0.1, 0.15) is 0 Å². The molecule has 1 N–H and O–H groups in total. The van der Waals surface area contributed by atoms with Gasteiger partial charge in [0.2, 0.25) is 0 Å². The van der Waals surface area contributed by atoms with Gasteiger partial charge < -0.3 is 5.11 Å². The van der Waals surface area contributed by atoms with E-state index in [1.54, 1.807) is 0 Å². The molecule has 1 rings (SSSR count). The summed E-state index contributed by atoms with van der Waals surface area (Å²) in [7, 11) is 1.51. The molecule has 0 aromatic rings. The average molecular weight is 253 g/mol. The summed E-state index contributed by atoms with van der Waals surface area (Å²) in [4.78, 5) is 1.35. The van der Waals surface area contributed by atoms with E-state index in [4.69, 9.17) is 0 Å². The maximum Gasteiger partial charge on any atom is 0.401 e. The molecule has 0 bridgehead atoms. The van der Waals surface area contributed by atoms with Crippen LogP contribution in [0.2, 0.25) is 0 Å². The van der Waals surface area contributed by atoms with E-state index in [0.717, 1.165) is 6.42 Å². The fourth-order valence-electron chi connectivity index (χ4n) is 2.83. The number of aliphatic hydroxyl groups excluding tert-OH is 1. The Labute approximate surface area is 101 Å². The van der Waals surface area contributed by atoms with Crippen molar-refractivity contribution in [1.29, 1.82) is 0 Å². The third kappa shape index (κ3) is 4.47. The Morgan fingerprint density at radius 3 is 2.35 bits per heavy atom. The Hall–Kier alpha value is -0.290. The monoisotopic (exact) mass is 253 g/mol. The van der Waals surface area contributed by atoms with Crippen molar-refractivity contribution in [3.8, 4) is 0 Å². The predicted octanol–water partition coefficient (Wildman–Crippen LogP) is 2.67. The van der Waals surface area contributed by atoms with E-state index in [1.165, 1.54) is 11.9 Å². The number of hydrogen-bond acceptors (Lipinski definition) is 2. The molecule has 0 spiro atoms. The molecule has 1 aliphatic rings. The van der Waals surface area contributed by atoms with Crippen molar-refractivity contribution < 1.29 is 18.3 Å². The van der Waals surface area contributed by atoms with Crippen LogP contribution in [0, 0.1) is 11.8 Å². The fourth-order valence-corrected chi connectivity index (χ4v) is 2.83. The van der Waals surface area contributed by atoms with Crippen LogP contribution in [0.4, 0.5) is 13.2 Å². The zero-order chi connectivity index (χ0) is 13.2. The maximum atomic E-state index is 12.4. The lowest BCUT2D eigenvalue weighted by Crippen LogP contribution is -2.48. The lowest BCUT2D eigenvalue weighted by atomic mass is 9.76. The molecule has 17 heavy (non-hydrogen) atoms. The summed E-state index contributed by atoms with van der Waals surface area (Å²) in [6, 6.07) is -0.166. The van der Waals surface area contributed by atoms with Crippen LogP contribution in [0.3, 0.4) is 0 Å². The molecule has 2 nitrogen and oxygen atoms in total. The minimum Gasteiger partial charge on any atom is -0.393 e. The molecular weight excluding hydrogens is 231 g/mol. The number of alkyl halides is 3. The first kappa shape index (κ1) is 14.8. The van der Waals surface area contributed by atoms with Gasteiger partial charge in [-0.25, -0.2) is 0 Å². The molecule has 0 heterocycles. The van der Waals surface area contributed by atoms with Crippen molar-refractivity contribution in [2.45, 2.75) is 51.4 Å². The van der Waals surface area contributed by atoms with Crippen LogP contribution >= 0.6 is 0 Å². The first-order valence-corrected chi connectivity index (χ1v) is 6.15. The molecule has 0 aromatic heterocycles. The molecule has 0 aliphatic heterocycles. The highest BCUT2D eigenvalue weighted by Crippen LogP contribution is 2.34. The number of halogens is 3. The van der Waals surface area contributed by atoms with Gasteiger partial charge in [0.05, 0.1) is 12.6 Å². The zero-order valence-corrected chi connectivity index (χ0v) is 10.7. The normalized spacial score (nSPS) is 31.2. The lowest BCUT2D eigenvalue weighted by Gasteiger charge is -2.42. The molecule has 0 aromatic carbocycles. The van der Waals surface area contributed by atoms with E-state index in [-0.39, 0.29) is 12.0 Å². The molecule has 1 fully saturated rings. The van der Waals surface area contributed by atoms with Crippen LogP contribution in [0.25, 0.3) is 0 Å². The van der Waals surface area contributed by atoms with Gasteiger partial charge in [-0.1, -0.05) is 13.8 Å². The Kier molecular flexibility index (Phi) is 4.84. The number of nitrogens with zero attached hydrogens (tertiary/aromatic N) is 1. The first-order valence-electron chi connectivity index (χ1n) is 6.15. The quantitative estimate of drug-likeness (QED) is 0.836. The van der Waals surface area contributed by atoms with Crippen molar-refractivity contribution in [1.82, 2.24) is 4.90 Å². The summed E-state index contributed by atoms with van der Waals surface area (Å²) in [6.45, 7) is 3.18. The van der Waals surface area contributed by atoms with Crippen LogP contribution in [-0.4, -0.2) is 41.9 Å². The van der Waals surface area contributed by atoms with Crippen molar-refractivity contribution in [2.24, 2.45) is 11.8 Å². The molecule has 3 atom stereocenters. The molecule has 1 aliphatic carbocycles. The highest BCUT2D eigenvalue weighted by atomic mass is 19.4. The Balaban J connectivity index is 2.68. The smallest absolute Gasteiger partial charge is 0.393 e. The third-order valence-electron chi connectivity index (χ3n) is 3.69. The van der Waals surface area contributed by atoms with E-state index in [2.05, 4.69) is 0 Å². The van der Waals surface area contributed by atoms with E-state index in [1.807, 2.05) is 13.8 Å². The zero-order valence-electron chi connectivity index (χ0n) is 10.7. The molecule has 5 heteroatoms. The summed E-state index contributed by atoms with van der Waals surface area (Å²) in [6.07, 6.45) is -2.65. The lowest BCUT2D eigenvalue weighted by molar-refractivity contribution is -0.154. The van der Waals surface area contributed by atoms with E-state index in [9.17, 15) is 18.3 Å². The van der Waals surface area contributed by atoms with Gasteiger partial charge in [-0.2, -0.15) is 13.2 Å². The van der Waals surface area contributed by atoms with Crippen molar-refractivity contribution >= 4 is 0 Å². The summed E-state index contributed by atoms with van der Waals surface area (Å²) in [5, 5.41) is 9.62. The second kappa shape index (κ2) is 5.57. The highest BCUT2D eigenvalue weighted by molar-refractivity contribution is 4.87. The van der Waals surface area contributed by atoms with E-state index < -0.39 is 18.8 Å². The van der Waals surface area contributed by atoms with Crippen LogP contribution in [0.1, 0.15) is 33.1 Å². The molecule has 3 unspecified atom stereocenters. The summed E-state index contributed by atoms with van der Waals surface area (Å²) < 4.78 is 37.1. The van der Waals surface area contributed by atoms with E-state index >= 15 is 0 Å². The maximum absolute atomic E-state index is 12.4. The number of aliphatic hydroxyl groups is 1. The SMILES string of the molecule is CC(C)C1CCC(O)CC1N(C)CC(F)(F)F. The predicted molar refractivity (Wildman–Crippen MR) is 60.7 cm³/mol. The molecule has 0 saturated heterocycles. The molecular formula is C12H22F3NO. The number of rotatable bonds is 3. The standard InChI is InChI=1S/C12H22F3NO/c1-8(2)10-5-4-9(17)6-11(10)16(3)7-12(13,14)15/h8-11,17H,4-7H2,1-3H3. The van der Waals surface area contributed by atoms with Crippen LogP contribution in [-0.2, 0) is 0 Å². The van der Waals surface area contributed by atoms with E-state index in [0.29, 0.717) is 18.8 Å². The van der Waals surface area contributed by atoms with Crippen LogP contribution in [0.5, 0.6) is 0 Å². The minimum absolute atomic E-state index is 0.166. The Morgan fingerprint density at radius 2 is 1.88 bits per heavy atom. The van der Waals surface area contributed by atoms with Crippen molar-refractivity contribution in [3.05, 3.63) is 0 Å². The fraction of sp³-hybridized carbons (Fsp3) is 1.00. The number of hydrogen-bond donors (Lipinski definition) is 1. The van der Waals surface area contributed by atoms with Crippen molar-refractivity contribution in [3.63, 3.8) is 0 Å². The summed E-state index contributed by atoms with van der Waals surface area (Å²) in [5.74, 6) is 0.592. The van der Waals surface area contributed by atoms with Gasteiger partial charge in [-0.3, -0.25) is 4.90 Å². The van der Waals surface area contributed by atoms with Gasteiger partial charge in [0, 0.05) is 6.04 Å². The summed E-state index contributed by atoms with van der Waals surface area (Å²) in [5.41, 5.74) is 0. The second-order valence-electron chi connectivity index (χ2n) is 5.47. The topological polar surface area (TPSA) is 23.5 Å². The molecule has 0 amide bonds. The van der Waals surface area contributed by atoms with Gasteiger partial charge in [-0.05, 0) is 38.1 Å². The van der Waals surface area contributed by atoms with Gasteiger partial charge in [0.25, 0.3) is 0 Å². The van der Waals surface area contributed by atoms with Gasteiger partial charge in [-0.15, -0.1) is 0 Å². The Bertz CT molecular complexity index is 242. The highest BCUT2D eigenvalue weighted by Gasteiger charge is 2.38. The van der Waals surface area contributed by atoms with Crippen LogP contribution in [0.15, 0.2) is 0 Å². The largest absolute Gasteiger partial charge is 0.401 e.